The van der Waals surface area contributed by atoms with Crippen LogP contribution in [-0.2, 0) is 19.5 Å². The highest BCUT2D eigenvalue weighted by Gasteiger charge is 2.19. The van der Waals surface area contributed by atoms with Crippen molar-refractivity contribution in [1.82, 2.24) is 14.9 Å². The van der Waals surface area contributed by atoms with Crippen LogP contribution >= 0.6 is 11.3 Å². The predicted molar refractivity (Wildman–Crippen MR) is 97.8 cm³/mol. The van der Waals surface area contributed by atoms with Gasteiger partial charge in [0, 0.05) is 25.8 Å². The molecule has 1 N–H and O–H groups in total. The molecule has 1 aromatic carbocycles. The van der Waals surface area contributed by atoms with Crippen LogP contribution in [0.5, 0.6) is 11.5 Å². The molecule has 6 heteroatoms. The summed E-state index contributed by atoms with van der Waals surface area (Å²) in [4.78, 5) is 12.7. The van der Waals surface area contributed by atoms with E-state index in [4.69, 9.17) is 9.72 Å². The zero-order valence-corrected chi connectivity index (χ0v) is 14.8. The average molecular weight is 353 g/mol. The first kappa shape index (κ1) is 16.1. The first-order chi connectivity index (χ1) is 12.2. The first-order valence-electron chi connectivity index (χ1n) is 8.20. The molecule has 3 heterocycles. The molecule has 1 aliphatic rings. The summed E-state index contributed by atoms with van der Waals surface area (Å²) in [7, 11) is 1.56. The third-order valence-corrected chi connectivity index (χ3v) is 5.28. The molecule has 0 spiro atoms. The van der Waals surface area contributed by atoms with E-state index in [0.717, 1.165) is 48.0 Å². The Kier molecular flexibility index (Phi) is 4.38. The van der Waals surface area contributed by atoms with Gasteiger partial charge in [0.2, 0.25) is 0 Å². The number of rotatable bonds is 4. The van der Waals surface area contributed by atoms with E-state index >= 15 is 0 Å². The number of benzene rings is 1. The van der Waals surface area contributed by atoms with Crippen LogP contribution in [0.15, 0.2) is 41.9 Å². The van der Waals surface area contributed by atoms with Crippen molar-refractivity contribution < 1.29 is 9.84 Å². The van der Waals surface area contributed by atoms with E-state index in [2.05, 4.69) is 9.88 Å². The van der Waals surface area contributed by atoms with Crippen LogP contribution in [0.25, 0.3) is 10.7 Å². The maximum atomic E-state index is 9.96. The molecule has 3 aromatic rings. The smallest absolute Gasteiger partial charge is 0.169 e. The van der Waals surface area contributed by atoms with E-state index in [1.807, 2.05) is 29.8 Å². The van der Waals surface area contributed by atoms with Gasteiger partial charge in [-0.15, -0.1) is 11.3 Å². The van der Waals surface area contributed by atoms with Gasteiger partial charge in [0.25, 0.3) is 0 Å². The van der Waals surface area contributed by atoms with E-state index < -0.39 is 0 Å². The minimum Gasteiger partial charge on any atom is -0.504 e. The predicted octanol–water partition coefficient (Wildman–Crippen LogP) is 3.48. The fraction of sp³-hybridized carbons (Fsp3) is 0.263. The SMILES string of the molecule is COc1ccc(CN2CCc3cnc(-c4cccs4)nc3C2)cc1O. The fourth-order valence-electron chi connectivity index (χ4n) is 3.11. The van der Waals surface area contributed by atoms with E-state index in [1.165, 1.54) is 5.56 Å². The number of hydrogen-bond acceptors (Lipinski definition) is 6. The molecule has 0 unspecified atom stereocenters. The molecule has 128 valence electrons. The van der Waals surface area contributed by atoms with Crippen molar-refractivity contribution in [1.29, 1.82) is 0 Å². The summed E-state index contributed by atoms with van der Waals surface area (Å²) in [6.07, 6.45) is 2.91. The number of aromatic nitrogens is 2. The van der Waals surface area contributed by atoms with Gasteiger partial charge in [-0.1, -0.05) is 12.1 Å². The molecule has 0 fully saturated rings. The van der Waals surface area contributed by atoms with Gasteiger partial charge < -0.3 is 9.84 Å². The highest BCUT2D eigenvalue weighted by Crippen LogP contribution is 2.28. The Labute approximate surface area is 150 Å². The second-order valence-electron chi connectivity index (χ2n) is 6.11. The lowest BCUT2D eigenvalue weighted by Gasteiger charge is -2.28. The summed E-state index contributed by atoms with van der Waals surface area (Å²) in [5.74, 6) is 1.48. The maximum Gasteiger partial charge on any atom is 0.169 e. The molecule has 0 radical (unpaired) electrons. The quantitative estimate of drug-likeness (QED) is 0.778. The van der Waals surface area contributed by atoms with Gasteiger partial charge in [0.1, 0.15) is 0 Å². The number of ether oxygens (including phenoxy) is 1. The second-order valence-corrected chi connectivity index (χ2v) is 7.06. The lowest BCUT2D eigenvalue weighted by Crippen LogP contribution is -2.31. The minimum atomic E-state index is 0.180. The molecule has 2 aromatic heterocycles. The number of thiophene rings is 1. The van der Waals surface area contributed by atoms with Crippen LogP contribution in [0.4, 0.5) is 0 Å². The molecule has 0 saturated carbocycles. The van der Waals surface area contributed by atoms with Crippen LogP contribution in [0, 0.1) is 0 Å². The topological polar surface area (TPSA) is 58.5 Å². The summed E-state index contributed by atoms with van der Waals surface area (Å²) in [5, 5.41) is 12.0. The van der Waals surface area contributed by atoms with Gasteiger partial charge in [-0.2, -0.15) is 0 Å². The van der Waals surface area contributed by atoms with Crippen LogP contribution in [-0.4, -0.2) is 33.6 Å². The Morgan fingerprint density at radius 2 is 2.24 bits per heavy atom. The summed E-state index contributed by atoms with van der Waals surface area (Å²) in [6.45, 7) is 2.53. The lowest BCUT2D eigenvalue weighted by atomic mass is 10.1. The molecule has 0 saturated heterocycles. The van der Waals surface area contributed by atoms with Crippen LogP contribution in [0.3, 0.4) is 0 Å². The molecule has 25 heavy (non-hydrogen) atoms. The van der Waals surface area contributed by atoms with Gasteiger partial charge in [-0.05, 0) is 41.1 Å². The summed E-state index contributed by atoms with van der Waals surface area (Å²) >= 11 is 1.66. The van der Waals surface area contributed by atoms with Gasteiger partial charge >= 0.3 is 0 Å². The summed E-state index contributed by atoms with van der Waals surface area (Å²) in [6, 6.07) is 9.63. The van der Waals surface area contributed by atoms with Crippen LogP contribution in [0.1, 0.15) is 16.8 Å². The maximum absolute atomic E-state index is 9.96. The van der Waals surface area contributed by atoms with Gasteiger partial charge in [0.15, 0.2) is 17.3 Å². The third-order valence-electron chi connectivity index (χ3n) is 4.42. The Balaban J connectivity index is 1.52. The second kappa shape index (κ2) is 6.82. The number of nitrogens with zero attached hydrogens (tertiary/aromatic N) is 3. The molecule has 4 rings (SSSR count). The molecule has 0 bridgehead atoms. The van der Waals surface area contributed by atoms with Crippen LogP contribution in [0.2, 0.25) is 0 Å². The van der Waals surface area contributed by atoms with Gasteiger partial charge in [-0.25, -0.2) is 9.97 Å². The highest BCUT2D eigenvalue weighted by atomic mass is 32.1. The van der Waals surface area contributed by atoms with E-state index in [9.17, 15) is 5.11 Å². The van der Waals surface area contributed by atoms with Crippen molar-refractivity contribution in [2.45, 2.75) is 19.5 Å². The van der Waals surface area contributed by atoms with Gasteiger partial charge in [0.05, 0.1) is 17.7 Å². The Hall–Kier alpha value is -2.44. The standard InChI is InChI=1S/C19H19N3O2S/c1-24-17-5-4-13(9-16(17)23)11-22-7-6-14-10-20-19(21-15(14)12-22)18-3-2-8-25-18/h2-5,8-10,23H,6-7,11-12H2,1H3. The molecule has 5 nitrogen and oxygen atoms in total. The Morgan fingerprint density at radius 3 is 3.00 bits per heavy atom. The minimum absolute atomic E-state index is 0.180. The number of phenols is 1. The van der Waals surface area contributed by atoms with Crippen molar-refractivity contribution in [3.63, 3.8) is 0 Å². The highest BCUT2D eigenvalue weighted by molar-refractivity contribution is 7.13. The average Bonchev–Trinajstić information content (AvgIpc) is 3.16. The zero-order valence-electron chi connectivity index (χ0n) is 14.0. The van der Waals surface area contributed by atoms with Gasteiger partial charge in [-0.3, -0.25) is 4.90 Å². The Morgan fingerprint density at radius 1 is 1.32 bits per heavy atom. The van der Waals surface area contributed by atoms with E-state index in [1.54, 1.807) is 30.6 Å². The van der Waals surface area contributed by atoms with Crippen molar-refractivity contribution >= 4 is 11.3 Å². The van der Waals surface area contributed by atoms with Crippen molar-refractivity contribution in [3.8, 4) is 22.2 Å². The molecule has 0 amide bonds. The first-order valence-corrected chi connectivity index (χ1v) is 9.08. The molecule has 0 aliphatic carbocycles. The fourth-order valence-corrected chi connectivity index (χ4v) is 3.77. The zero-order chi connectivity index (χ0) is 17.2. The van der Waals surface area contributed by atoms with Crippen molar-refractivity contribution in [2.24, 2.45) is 0 Å². The Bertz CT molecular complexity index is 880. The molecule has 0 atom stereocenters. The lowest BCUT2D eigenvalue weighted by molar-refractivity contribution is 0.241. The normalized spacial score (nSPS) is 14.3. The molecule has 1 aliphatic heterocycles. The largest absolute Gasteiger partial charge is 0.504 e. The number of phenolic OH excluding ortho intramolecular Hbond substituents is 1. The number of methoxy groups -OCH3 is 1. The van der Waals surface area contributed by atoms with Crippen LogP contribution < -0.4 is 4.74 Å². The number of hydrogen-bond donors (Lipinski definition) is 1. The van der Waals surface area contributed by atoms with E-state index in [0.29, 0.717) is 5.75 Å². The monoisotopic (exact) mass is 353 g/mol. The van der Waals surface area contributed by atoms with Crippen molar-refractivity contribution in [3.05, 3.63) is 58.7 Å². The number of aromatic hydroxyl groups is 1. The number of fused-ring (bicyclic) bond motifs is 1. The molecular weight excluding hydrogens is 334 g/mol. The van der Waals surface area contributed by atoms with Crippen molar-refractivity contribution in [2.75, 3.05) is 13.7 Å². The summed E-state index contributed by atoms with van der Waals surface area (Å²) in [5.41, 5.74) is 3.39. The summed E-state index contributed by atoms with van der Waals surface area (Å²) < 4.78 is 5.11. The van der Waals surface area contributed by atoms with E-state index in [-0.39, 0.29) is 5.75 Å². The molecular formula is C19H19N3O2S. The third kappa shape index (κ3) is 3.36.